The third-order valence-electron chi connectivity index (χ3n) is 2.54. The van der Waals surface area contributed by atoms with Gasteiger partial charge in [-0.3, -0.25) is 4.79 Å². The highest BCUT2D eigenvalue weighted by molar-refractivity contribution is 5.94. The van der Waals surface area contributed by atoms with Crippen LogP contribution in [-0.2, 0) is 0 Å². The van der Waals surface area contributed by atoms with Crippen molar-refractivity contribution in [1.29, 1.82) is 5.26 Å². The number of benzene rings is 1. The van der Waals surface area contributed by atoms with E-state index < -0.39 is 5.82 Å². The molecule has 0 aliphatic rings. The van der Waals surface area contributed by atoms with Crippen molar-refractivity contribution >= 4 is 5.91 Å². The maximum Gasteiger partial charge on any atom is 0.255 e. The molecule has 0 fully saturated rings. The number of amides is 1. The lowest BCUT2D eigenvalue weighted by Crippen LogP contribution is -2.37. The first kappa shape index (κ1) is 13.2. The summed E-state index contributed by atoms with van der Waals surface area (Å²) in [5.41, 5.74) is 0.773. The predicted molar refractivity (Wildman–Crippen MR) is 62.9 cm³/mol. The summed E-state index contributed by atoms with van der Waals surface area (Å²) in [5.74, 6) is -0.725. The molecule has 0 N–H and O–H groups in total. The van der Waals surface area contributed by atoms with E-state index in [1.165, 1.54) is 11.0 Å². The highest BCUT2D eigenvalue weighted by atomic mass is 19.1. The molecule has 0 spiro atoms. The molecular weight excluding hydrogens is 219 g/mol. The first-order chi connectivity index (χ1) is 7.97. The third kappa shape index (κ3) is 3.04. The van der Waals surface area contributed by atoms with Gasteiger partial charge in [-0.05, 0) is 38.5 Å². The van der Waals surface area contributed by atoms with Crippen LogP contribution in [0.15, 0.2) is 18.2 Å². The SMILES string of the molecule is Cc1ccc(C(=O)N(CC#N)C(C)C)cc1F. The number of aryl methyl sites for hydroxylation is 1. The van der Waals surface area contributed by atoms with Gasteiger partial charge in [-0.2, -0.15) is 5.26 Å². The van der Waals surface area contributed by atoms with Gasteiger partial charge in [-0.15, -0.1) is 0 Å². The maximum atomic E-state index is 13.4. The molecule has 3 nitrogen and oxygen atoms in total. The Balaban J connectivity index is 3.02. The average Bonchev–Trinajstić information content (AvgIpc) is 2.28. The van der Waals surface area contributed by atoms with Crippen molar-refractivity contribution in [3.63, 3.8) is 0 Å². The second-order valence-electron chi connectivity index (χ2n) is 4.15. The van der Waals surface area contributed by atoms with Gasteiger partial charge in [0, 0.05) is 11.6 Å². The predicted octanol–water partition coefficient (Wildman–Crippen LogP) is 2.51. The molecule has 4 heteroatoms. The first-order valence-electron chi connectivity index (χ1n) is 5.41. The van der Waals surface area contributed by atoms with Gasteiger partial charge in [-0.25, -0.2) is 4.39 Å². The van der Waals surface area contributed by atoms with Crippen molar-refractivity contribution in [3.05, 3.63) is 35.1 Å². The Morgan fingerprint density at radius 3 is 2.65 bits per heavy atom. The Kier molecular flexibility index (Phi) is 4.22. The van der Waals surface area contributed by atoms with Crippen LogP contribution in [0.4, 0.5) is 4.39 Å². The van der Waals surface area contributed by atoms with Crippen LogP contribution in [0, 0.1) is 24.1 Å². The van der Waals surface area contributed by atoms with Crippen molar-refractivity contribution in [2.75, 3.05) is 6.54 Å². The number of carbonyl (C=O) groups is 1. The summed E-state index contributed by atoms with van der Waals surface area (Å²) in [6.45, 7) is 5.28. The molecule has 0 aromatic heterocycles. The lowest BCUT2D eigenvalue weighted by atomic mass is 10.1. The first-order valence-corrected chi connectivity index (χ1v) is 5.41. The lowest BCUT2D eigenvalue weighted by molar-refractivity contribution is 0.0731. The van der Waals surface area contributed by atoms with Crippen LogP contribution in [0.25, 0.3) is 0 Å². The molecule has 0 saturated carbocycles. The van der Waals surface area contributed by atoms with Crippen molar-refractivity contribution in [2.24, 2.45) is 0 Å². The number of hydrogen-bond acceptors (Lipinski definition) is 2. The van der Waals surface area contributed by atoms with Crippen molar-refractivity contribution < 1.29 is 9.18 Å². The average molecular weight is 234 g/mol. The number of rotatable bonds is 3. The lowest BCUT2D eigenvalue weighted by Gasteiger charge is -2.23. The fourth-order valence-electron chi connectivity index (χ4n) is 1.46. The van der Waals surface area contributed by atoms with Crippen molar-refractivity contribution in [2.45, 2.75) is 26.8 Å². The van der Waals surface area contributed by atoms with Crippen LogP contribution in [0.2, 0.25) is 0 Å². The number of hydrogen-bond donors (Lipinski definition) is 0. The Bertz CT molecular complexity index is 463. The molecule has 0 saturated heterocycles. The van der Waals surface area contributed by atoms with E-state index in [2.05, 4.69) is 0 Å². The Morgan fingerprint density at radius 2 is 2.18 bits per heavy atom. The van der Waals surface area contributed by atoms with E-state index in [1.807, 2.05) is 19.9 Å². The van der Waals surface area contributed by atoms with Gasteiger partial charge in [0.25, 0.3) is 5.91 Å². The van der Waals surface area contributed by atoms with Gasteiger partial charge in [0.2, 0.25) is 0 Å². The molecule has 1 aromatic rings. The highest BCUT2D eigenvalue weighted by Gasteiger charge is 2.18. The van der Waals surface area contributed by atoms with Crippen LogP contribution in [0.5, 0.6) is 0 Å². The summed E-state index contributed by atoms with van der Waals surface area (Å²) >= 11 is 0. The van der Waals surface area contributed by atoms with E-state index in [-0.39, 0.29) is 24.1 Å². The van der Waals surface area contributed by atoms with Gasteiger partial charge in [-0.1, -0.05) is 6.07 Å². The number of halogens is 1. The third-order valence-corrected chi connectivity index (χ3v) is 2.54. The van der Waals surface area contributed by atoms with Gasteiger partial charge in [0.15, 0.2) is 0 Å². The summed E-state index contributed by atoms with van der Waals surface area (Å²) in [6.07, 6.45) is 0. The summed E-state index contributed by atoms with van der Waals surface area (Å²) < 4.78 is 13.4. The summed E-state index contributed by atoms with van der Waals surface area (Å²) in [4.78, 5) is 13.5. The normalized spacial score (nSPS) is 10.1. The zero-order chi connectivity index (χ0) is 13.0. The molecule has 0 aliphatic carbocycles. The Morgan fingerprint density at radius 1 is 1.53 bits per heavy atom. The molecule has 1 aromatic carbocycles. The molecule has 0 unspecified atom stereocenters. The van der Waals surface area contributed by atoms with Crippen LogP contribution >= 0.6 is 0 Å². The molecule has 0 radical (unpaired) electrons. The van der Waals surface area contributed by atoms with E-state index in [4.69, 9.17) is 5.26 Å². The summed E-state index contributed by atoms with van der Waals surface area (Å²) in [7, 11) is 0. The van der Waals surface area contributed by atoms with Crippen LogP contribution < -0.4 is 0 Å². The monoisotopic (exact) mass is 234 g/mol. The minimum atomic E-state index is -0.406. The van der Waals surface area contributed by atoms with E-state index in [0.717, 1.165) is 0 Å². The van der Waals surface area contributed by atoms with Crippen LogP contribution in [0.1, 0.15) is 29.8 Å². The van der Waals surface area contributed by atoms with Gasteiger partial charge < -0.3 is 4.90 Å². The fourth-order valence-corrected chi connectivity index (χ4v) is 1.46. The number of nitriles is 1. The molecular formula is C13H15FN2O. The van der Waals surface area contributed by atoms with Gasteiger partial charge in [0.1, 0.15) is 12.4 Å². The minimum absolute atomic E-state index is 0.00595. The molecule has 90 valence electrons. The molecule has 17 heavy (non-hydrogen) atoms. The fraction of sp³-hybridized carbons (Fsp3) is 0.385. The number of carbonyl (C=O) groups excluding carboxylic acids is 1. The number of nitrogens with zero attached hydrogens (tertiary/aromatic N) is 2. The van der Waals surface area contributed by atoms with E-state index in [1.54, 1.807) is 19.1 Å². The molecule has 1 rings (SSSR count). The quantitative estimate of drug-likeness (QED) is 0.754. The molecule has 0 heterocycles. The van der Waals surface area contributed by atoms with E-state index >= 15 is 0 Å². The zero-order valence-corrected chi connectivity index (χ0v) is 10.2. The molecule has 0 aliphatic heterocycles. The minimum Gasteiger partial charge on any atom is -0.323 e. The second-order valence-corrected chi connectivity index (χ2v) is 4.15. The standard InChI is InChI=1S/C13H15FN2O/c1-9(2)16(7-6-15)13(17)11-5-4-10(3)12(14)8-11/h4-5,8-9H,7H2,1-3H3. The van der Waals surface area contributed by atoms with Crippen molar-refractivity contribution in [1.82, 2.24) is 4.90 Å². The van der Waals surface area contributed by atoms with Gasteiger partial charge in [0.05, 0.1) is 6.07 Å². The molecule has 0 bridgehead atoms. The van der Waals surface area contributed by atoms with E-state index in [9.17, 15) is 9.18 Å². The van der Waals surface area contributed by atoms with Crippen LogP contribution in [0.3, 0.4) is 0 Å². The zero-order valence-electron chi connectivity index (χ0n) is 10.2. The second kappa shape index (κ2) is 5.44. The van der Waals surface area contributed by atoms with E-state index in [0.29, 0.717) is 5.56 Å². The summed E-state index contributed by atoms with van der Waals surface area (Å²) in [6, 6.07) is 6.20. The highest BCUT2D eigenvalue weighted by Crippen LogP contribution is 2.13. The smallest absolute Gasteiger partial charge is 0.255 e. The maximum absolute atomic E-state index is 13.4. The molecule has 1 amide bonds. The molecule has 0 atom stereocenters. The Labute approximate surface area is 100 Å². The van der Waals surface area contributed by atoms with Crippen LogP contribution in [-0.4, -0.2) is 23.4 Å². The topological polar surface area (TPSA) is 44.1 Å². The Hall–Kier alpha value is -1.89. The van der Waals surface area contributed by atoms with Gasteiger partial charge >= 0.3 is 0 Å². The summed E-state index contributed by atoms with van der Waals surface area (Å²) in [5, 5.41) is 8.66. The largest absolute Gasteiger partial charge is 0.323 e. The van der Waals surface area contributed by atoms with Crippen molar-refractivity contribution in [3.8, 4) is 6.07 Å².